The summed E-state index contributed by atoms with van der Waals surface area (Å²) in [5, 5.41) is 13.6. The second-order valence-corrected chi connectivity index (χ2v) is 9.96. The molecule has 2 unspecified atom stereocenters. The van der Waals surface area contributed by atoms with Crippen molar-refractivity contribution in [2.45, 2.75) is 63.4 Å². The summed E-state index contributed by atoms with van der Waals surface area (Å²) in [4.78, 5) is 36.8. The number of amides is 1. The SMILES string of the molecule is C[C@@H]1C(=O)Nc2ccc(C(=O)COC(=O)CC34C[C@@H]5C[C@@H](CC(O)(C5)C3)C4)cc21. The van der Waals surface area contributed by atoms with Gasteiger partial charge in [0, 0.05) is 11.3 Å². The van der Waals surface area contributed by atoms with Crippen LogP contribution in [0.15, 0.2) is 18.2 Å². The predicted octanol–water partition coefficient (Wildman–Crippen LogP) is 3.19. The first-order valence-corrected chi connectivity index (χ1v) is 10.6. The van der Waals surface area contributed by atoms with Gasteiger partial charge in [-0.05, 0) is 86.5 Å². The van der Waals surface area contributed by atoms with E-state index in [4.69, 9.17) is 4.74 Å². The van der Waals surface area contributed by atoms with E-state index < -0.39 is 5.60 Å². The number of hydrogen-bond acceptors (Lipinski definition) is 5. The van der Waals surface area contributed by atoms with E-state index in [1.807, 2.05) is 0 Å². The minimum absolute atomic E-state index is 0.0757. The summed E-state index contributed by atoms with van der Waals surface area (Å²) in [5.41, 5.74) is 1.22. The molecule has 1 heterocycles. The Balaban J connectivity index is 1.21. The van der Waals surface area contributed by atoms with Gasteiger partial charge in [-0.1, -0.05) is 0 Å². The predicted molar refractivity (Wildman–Crippen MR) is 105 cm³/mol. The highest BCUT2D eigenvalue weighted by Crippen LogP contribution is 2.62. The largest absolute Gasteiger partial charge is 0.457 e. The van der Waals surface area contributed by atoms with Crippen LogP contribution in [0.3, 0.4) is 0 Å². The molecule has 0 radical (unpaired) electrons. The van der Waals surface area contributed by atoms with Gasteiger partial charge in [0.1, 0.15) is 0 Å². The fourth-order valence-corrected chi connectivity index (χ4v) is 6.79. The number of hydrogen-bond donors (Lipinski definition) is 2. The average Bonchev–Trinajstić information content (AvgIpc) is 2.91. The number of ether oxygens (including phenoxy) is 1. The molecule has 6 heteroatoms. The molecule has 4 bridgehead atoms. The summed E-state index contributed by atoms with van der Waals surface area (Å²) in [7, 11) is 0. The molecule has 6 rings (SSSR count). The molecule has 5 aliphatic rings. The first-order chi connectivity index (χ1) is 13.7. The van der Waals surface area contributed by atoms with Crippen LogP contribution in [0.1, 0.15) is 73.7 Å². The fraction of sp³-hybridized carbons (Fsp3) is 0.609. The Labute approximate surface area is 170 Å². The van der Waals surface area contributed by atoms with Crippen LogP contribution < -0.4 is 5.32 Å². The standard InChI is InChI=1S/C23H27NO5/c1-13-17-5-16(2-3-18(17)24-21(13)27)19(25)11-29-20(26)10-22-6-14-4-15(7-22)9-23(28,8-14)12-22/h2-3,5,13-15,28H,4,6-12H2,1H3,(H,24,27)/t13-,14-,15+,22?,23?/m0/s1. The molecular weight excluding hydrogens is 370 g/mol. The number of nitrogens with one attached hydrogen (secondary N) is 1. The summed E-state index contributed by atoms with van der Waals surface area (Å²) in [6.45, 7) is 1.51. The Morgan fingerprint density at radius 2 is 1.93 bits per heavy atom. The number of rotatable bonds is 5. The van der Waals surface area contributed by atoms with Crippen molar-refractivity contribution >= 4 is 23.3 Å². The van der Waals surface area contributed by atoms with E-state index in [0.29, 0.717) is 23.8 Å². The number of ketones is 1. The molecular formula is C23H27NO5. The zero-order valence-corrected chi connectivity index (χ0v) is 16.7. The van der Waals surface area contributed by atoms with E-state index in [0.717, 1.165) is 36.9 Å². The third-order valence-electron chi connectivity index (χ3n) is 7.53. The van der Waals surface area contributed by atoms with E-state index in [-0.39, 0.29) is 42.0 Å². The number of esters is 1. The fourth-order valence-electron chi connectivity index (χ4n) is 6.79. The molecule has 4 fully saturated rings. The Morgan fingerprint density at radius 1 is 1.21 bits per heavy atom. The van der Waals surface area contributed by atoms with Gasteiger partial charge in [0.2, 0.25) is 5.91 Å². The monoisotopic (exact) mass is 397 g/mol. The summed E-state index contributed by atoms with van der Waals surface area (Å²) >= 11 is 0. The van der Waals surface area contributed by atoms with Gasteiger partial charge < -0.3 is 15.2 Å². The van der Waals surface area contributed by atoms with Gasteiger partial charge in [0.25, 0.3) is 0 Å². The van der Waals surface area contributed by atoms with Crippen molar-refractivity contribution in [1.82, 2.24) is 0 Å². The number of benzene rings is 1. The van der Waals surface area contributed by atoms with Crippen molar-refractivity contribution in [1.29, 1.82) is 0 Å². The minimum atomic E-state index is -0.604. The molecule has 1 aromatic rings. The topological polar surface area (TPSA) is 92.7 Å². The van der Waals surface area contributed by atoms with E-state index in [9.17, 15) is 19.5 Å². The van der Waals surface area contributed by atoms with E-state index in [1.165, 1.54) is 6.42 Å². The van der Waals surface area contributed by atoms with Gasteiger partial charge in [-0.3, -0.25) is 14.4 Å². The van der Waals surface area contributed by atoms with Crippen LogP contribution in [0.2, 0.25) is 0 Å². The van der Waals surface area contributed by atoms with Crippen molar-refractivity contribution < 1.29 is 24.2 Å². The van der Waals surface area contributed by atoms with Crippen LogP contribution in [-0.4, -0.2) is 35.0 Å². The van der Waals surface area contributed by atoms with Crippen molar-refractivity contribution in [3.8, 4) is 0 Å². The highest BCUT2D eigenvalue weighted by molar-refractivity contribution is 6.05. The van der Waals surface area contributed by atoms with Crippen molar-refractivity contribution in [2.24, 2.45) is 17.3 Å². The third-order valence-corrected chi connectivity index (χ3v) is 7.53. The lowest BCUT2D eigenvalue weighted by Gasteiger charge is -2.60. The Bertz CT molecular complexity index is 893. The van der Waals surface area contributed by atoms with Gasteiger partial charge in [0.05, 0.1) is 17.9 Å². The average molecular weight is 397 g/mol. The lowest BCUT2D eigenvalue weighted by Crippen LogP contribution is -2.56. The van der Waals surface area contributed by atoms with Crippen molar-refractivity contribution in [2.75, 3.05) is 11.9 Å². The number of carbonyl (C=O) groups excluding carboxylic acids is 3. The first-order valence-electron chi connectivity index (χ1n) is 10.6. The van der Waals surface area contributed by atoms with Gasteiger partial charge in [-0.25, -0.2) is 0 Å². The molecule has 2 N–H and O–H groups in total. The van der Waals surface area contributed by atoms with Crippen molar-refractivity contribution in [3.63, 3.8) is 0 Å². The smallest absolute Gasteiger partial charge is 0.306 e. The minimum Gasteiger partial charge on any atom is -0.457 e. The normalized spacial score (nSPS) is 36.6. The number of anilines is 1. The number of carbonyl (C=O) groups is 3. The molecule has 0 spiro atoms. The van der Waals surface area contributed by atoms with Crippen LogP contribution in [0.25, 0.3) is 0 Å². The number of fused-ring (bicyclic) bond motifs is 1. The Kier molecular flexibility index (Phi) is 4.14. The van der Waals surface area contributed by atoms with Crippen LogP contribution in [0.4, 0.5) is 5.69 Å². The summed E-state index contributed by atoms with van der Waals surface area (Å²) in [5.74, 6) is 0.0448. The molecule has 0 saturated heterocycles. The summed E-state index contributed by atoms with van der Waals surface area (Å²) in [6, 6.07) is 5.09. The van der Waals surface area contributed by atoms with Crippen molar-refractivity contribution in [3.05, 3.63) is 29.3 Å². The molecule has 1 amide bonds. The lowest BCUT2D eigenvalue weighted by atomic mass is 9.47. The molecule has 4 aliphatic carbocycles. The molecule has 1 aliphatic heterocycles. The quantitative estimate of drug-likeness (QED) is 0.588. The van der Waals surface area contributed by atoms with Crippen LogP contribution in [0.5, 0.6) is 0 Å². The molecule has 4 saturated carbocycles. The zero-order valence-electron chi connectivity index (χ0n) is 16.7. The lowest BCUT2D eigenvalue weighted by molar-refractivity contribution is -0.176. The van der Waals surface area contributed by atoms with Gasteiger partial charge in [0.15, 0.2) is 12.4 Å². The van der Waals surface area contributed by atoms with E-state index in [1.54, 1.807) is 25.1 Å². The Morgan fingerprint density at radius 3 is 2.62 bits per heavy atom. The summed E-state index contributed by atoms with van der Waals surface area (Å²) in [6.07, 6.45) is 5.84. The molecule has 1 aromatic carbocycles. The number of Topliss-reactive ketones (excluding diaryl/α,β-unsaturated/α-hetero) is 1. The van der Waals surface area contributed by atoms with Gasteiger partial charge in [-0.15, -0.1) is 0 Å². The number of aliphatic hydroxyl groups is 1. The van der Waals surface area contributed by atoms with E-state index in [2.05, 4.69) is 5.32 Å². The van der Waals surface area contributed by atoms with Crippen LogP contribution in [-0.2, 0) is 14.3 Å². The molecule has 29 heavy (non-hydrogen) atoms. The Hall–Kier alpha value is -2.21. The third kappa shape index (κ3) is 3.27. The molecule has 0 aromatic heterocycles. The van der Waals surface area contributed by atoms with Gasteiger partial charge in [-0.2, -0.15) is 0 Å². The summed E-state index contributed by atoms with van der Waals surface area (Å²) < 4.78 is 5.34. The second kappa shape index (κ2) is 6.39. The van der Waals surface area contributed by atoms with Crippen LogP contribution in [0, 0.1) is 17.3 Å². The van der Waals surface area contributed by atoms with Crippen LogP contribution >= 0.6 is 0 Å². The highest BCUT2D eigenvalue weighted by Gasteiger charge is 2.57. The maximum absolute atomic E-state index is 12.5. The zero-order chi connectivity index (χ0) is 20.4. The van der Waals surface area contributed by atoms with Gasteiger partial charge >= 0.3 is 5.97 Å². The van der Waals surface area contributed by atoms with E-state index >= 15 is 0 Å². The maximum atomic E-state index is 12.5. The first kappa shape index (κ1) is 18.8. The maximum Gasteiger partial charge on any atom is 0.306 e. The second-order valence-electron chi connectivity index (χ2n) is 9.96. The highest BCUT2D eigenvalue weighted by atomic mass is 16.5. The molecule has 154 valence electrons. The molecule has 5 atom stereocenters. The molecule has 6 nitrogen and oxygen atoms in total.